The lowest BCUT2D eigenvalue weighted by atomic mass is 10.0. The third-order valence-corrected chi connectivity index (χ3v) is 2.23. The number of rotatable bonds is 8. The standard InChI is InChI=1S/C11H23NO2/c1-5-7-13-8-6-9-14-11(4,12)10(2)3/h5,10H,1,6-9,12H2,2-4H3. The minimum atomic E-state index is -0.529. The van der Waals surface area contributed by atoms with Crippen LogP contribution in [0, 0.1) is 5.92 Å². The van der Waals surface area contributed by atoms with E-state index in [9.17, 15) is 0 Å². The van der Waals surface area contributed by atoms with Crippen LogP contribution in [-0.4, -0.2) is 25.5 Å². The van der Waals surface area contributed by atoms with E-state index in [0.717, 1.165) is 6.42 Å². The second-order valence-electron chi connectivity index (χ2n) is 3.90. The van der Waals surface area contributed by atoms with E-state index in [0.29, 0.717) is 25.7 Å². The number of hydrogen-bond acceptors (Lipinski definition) is 3. The van der Waals surface area contributed by atoms with Crippen molar-refractivity contribution < 1.29 is 9.47 Å². The van der Waals surface area contributed by atoms with Gasteiger partial charge >= 0.3 is 0 Å². The molecule has 1 atom stereocenters. The topological polar surface area (TPSA) is 44.5 Å². The van der Waals surface area contributed by atoms with Gasteiger partial charge in [-0.25, -0.2) is 0 Å². The lowest BCUT2D eigenvalue weighted by Crippen LogP contribution is -2.44. The summed E-state index contributed by atoms with van der Waals surface area (Å²) in [6.07, 6.45) is 2.61. The molecule has 0 aliphatic carbocycles. The molecular weight excluding hydrogens is 178 g/mol. The van der Waals surface area contributed by atoms with Crippen LogP contribution < -0.4 is 5.73 Å². The van der Waals surface area contributed by atoms with Crippen LogP contribution in [0.5, 0.6) is 0 Å². The monoisotopic (exact) mass is 201 g/mol. The second kappa shape index (κ2) is 6.98. The smallest absolute Gasteiger partial charge is 0.116 e. The van der Waals surface area contributed by atoms with E-state index in [1.165, 1.54) is 0 Å². The zero-order chi connectivity index (χ0) is 11.0. The molecule has 0 aliphatic heterocycles. The first-order valence-electron chi connectivity index (χ1n) is 5.12. The molecule has 1 unspecified atom stereocenters. The molecule has 0 saturated carbocycles. The van der Waals surface area contributed by atoms with Gasteiger partial charge in [-0.3, -0.25) is 0 Å². The maximum absolute atomic E-state index is 5.92. The summed E-state index contributed by atoms with van der Waals surface area (Å²) in [7, 11) is 0. The minimum absolute atomic E-state index is 0.316. The molecule has 0 rings (SSSR count). The molecule has 2 N–H and O–H groups in total. The van der Waals surface area contributed by atoms with Gasteiger partial charge in [-0.05, 0) is 19.3 Å². The largest absolute Gasteiger partial charge is 0.377 e. The first-order valence-corrected chi connectivity index (χ1v) is 5.12. The summed E-state index contributed by atoms with van der Waals surface area (Å²) >= 11 is 0. The summed E-state index contributed by atoms with van der Waals surface area (Å²) in [5, 5.41) is 0. The van der Waals surface area contributed by atoms with Gasteiger partial charge in [-0.2, -0.15) is 0 Å². The van der Waals surface area contributed by atoms with E-state index in [-0.39, 0.29) is 0 Å². The fraction of sp³-hybridized carbons (Fsp3) is 0.818. The SMILES string of the molecule is C=CCOCCCOC(C)(N)C(C)C. The van der Waals surface area contributed by atoms with E-state index >= 15 is 0 Å². The van der Waals surface area contributed by atoms with Gasteiger partial charge in [0.05, 0.1) is 13.2 Å². The van der Waals surface area contributed by atoms with E-state index in [2.05, 4.69) is 6.58 Å². The van der Waals surface area contributed by atoms with Crippen molar-refractivity contribution in [1.29, 1.82) is 0 Å². The Bertz CT molecular complexity index is 155. The van der Waals surface area contributed by atoms with Gasteiger partial charge in [0.15, 0.2) is 0 Å². The van der Waals surface area contributed by atoms with Crippen molar-refractivity contribution in [2.45, 2.75) is 32.9 Å². The van der Waals surface area contributed by atoms with Crippen molar-refractivity contribution in [2.24, 2.45) is 11.7 Å². The molecule has 3 heteroatoms. The number of nitrogens with two attached hydrogens (primary N) is 1. The third kappa shape index (κ3) is 6.13. The summed E-state index contributed by atoms with van der Waals surface area (Å²) < 4.78 is 10.8. The highest BCUT2D eigenvalue weighted by Gasteiger charge is 2.22. The number of ether oxygens (including phenoxy) is 2. The predicted molar refractivity (Wildman–Crippen MR) is 59.0 cm³/mol. The second-order valence-corrected chi connectivity index (χ2v) is 3.90. The molecular formula is C11H23NO2. The molecule has 0 aromatic carbocycles. The fourth-order valence-corrected chi connectivity index (χ4v) is 0.786. The van der Waals surface area contributed by atoms with Gasteiger partial charge in [0.2, 0.25) is 0 Å². The van der Waals surface area contributed by atoms with Gasteiger partial charge in [-0.1, -0.05) is 19.9 Å². The van der Waals surface area contributed by atoms with E-state index in [4.69, 9.17) is 15.2 Å². The van der Waals surface area contributed by atoms with Crippen molar-refractivity contribution in [2.75, 3.05) is 19.8 Å². The van der Waals surface area contributed by atoms with E-state index in [1.54, 1.807) is 6.08 Å². The Balaban J connectivity index is 3.39. The van der Waals surface area contributed by atoms with Crippen molar-refractivity contribution in [3.05, 3.63) is 12.7 Å². The molecule has 0 aliphatic rings. The Morgan fingerprint density at radius 3 is 2.57 bits per heavy atom. The first kappa shape index (κ1) is 13.6. The molecule has 0 amide bonds. The highest BCUT2D eigenvalue weighted by Crippen LogP contribution is 2.14. The molecule has 14 heavy (non-hydrogen) atoms. The van der Waals surface area contributed by atoms with E-state index in [1.807, 2.05) is 20.8 Å². The van der Waals surface area contributed by atoms with Gasteiger partial charge in [0.25, 0.3) is 0 Å². The van der Waals surface area contributed by atoms with Gasteiger partial charge in [0, 0.05) is 6.61 Å². The van der Waals surface area contributed by atoms with Gasteiger partial charge in [0.1, 0.15) is 5.72 Å². The highest BCUT2D eigenvalue weighted by molar-refractivity contribution is 4.70. The molecule has 0 bridgehead atoms. The van der Waals surface area contributed by atoms with Crippen molar-refractivity contribution in [3.63, 3.8) is 0 Å². The van der Waals surface area contributed by atoms with Crippen LogP contribution in [0.25, 0.3) is 0 Å². The van der Waals surface area contributed by atoms with Crippen molar-refractivity contribution >= 4 is 0 Å². The van der Waals surface area contributed by atoms with Crippen LogP contribution in [-0.2, 0) is 9.47 Å². The summed E-state index contributed by atoms with van der Waals surface area (Å²) in [6.45, 7) is 11.5. The number of hydrogen-bond donors (Lipinski definition) is 1. The summed E-state index contributed by atoms with van der Waals surface area (Å²) in [5.41, 5.74) is 5.39. The maximum Gasteiger partial charge on any atom is 0.116 e. The average molecular weight is 201 g/mol. The Morgan fingerprint density at radius 1 is 1.43 bits per heavy atom. The maximum atomic E-state index is 5.92. The molecule has 0 radical (unpaired) electrons. The van der Waals surface area contributed by atoms with Crippen LogP contribution >= 0.6 is 0 Å². The molecule has 0 fully saturated rings. The Kier molecular flexibility index (Phi) is 6.79. The average Bonchev–Trinajstić information content (AvgIpc) is 2.10. The van der Waals surface area contributed by atoms with Crippen LogP contribution in [0.3, 0.4) is 0 Å². The lowest BCUT2D eigenvalue weighted by molar-refractivity contribution is -0.0652. The molecule has 84 valence electrons. The quantitative estimate of drug-likeness (QED) is 0.371. The highest BCUT2D eigenvalue weighted by atomic mass is 16.5. The fourth-order valence-electron chi connectivity index (χ4n) is 0.786. The molecule has 3 nitrogen and oxygen atoms in total. The van der Waals surface area contributed by atoms with Crippen molar-refractivity contribution in [3.8, 4) is 0 Å². The van der Waals surface area contributed by atoms with Crippen LogP contribution in [0.4, 0.5) is 0 Å². The summed E-state index contributed by atoms with van der Waals surface area (Å²) in [5.74, 6) is 0.316. The summed E-state index contributed by atoms with van der Waals surface area (Å²) in [4.78, 5) is 0. The minimum Gasteiger partial charge on any atom is -0.377 e. The normalized spacial score (nSPS) is 15.5. The first-order chi connectivity index (χ1) is 6.50. The Hall–Kier alpha value is -0.380. The predicted octanol–water partition coefficient (Wildman–Crippen LogP) is 1.93. The zero-order valence-corrected chi connectivity index (χ0v) is 9.58. The zero-order valence-electron chi connectivity index (χ0n) is 9.58. The van der Waals surface area contributed by atoms with Crippen molar-refractivity contribution in [1.82, 2.24) is 0 Å². The Morgan fingerprint density at radius 2 is 2.07 bits per heavy atom. The van der Waals surface area contributed by atoms with Crippen LogP contribution in [0.15, 0.2) is 12.7 Å². The van der Waals surface area contributed by atoms with Gasteiger partial charge in [-0.15, -0.1) is 6.58 Å². The molecule has 0 heterocycles. The van der Waals surface area contributed by atoms with Crippen LogP contribution in [0.1, 0.15) is 27.2 Å². The molecule has 0 aromatic rings. The molecule has 0 aromatic heterocycles. The summed E-state index contributed by atoms with van der Waals surface area (Å²) in [6, 6.07) is 0. The Labute approximate surface area is 87.3 Å². The lowest BCUT2D eigenvalue weighted by Gasteiger charge is -2.29. The molecule has 0 spiro atoms. The van der Waals surface area contributed by atoms with E-state index < -0.39 is 5.72 Å². The van der Waals surface area contributed by atoms with Crippen LogP contribution in [0.2, 0.25) is 0 Å². The molecule has 0 saturated heterocycles. The third-order valence-electron chi connectivity index (χ3n) is 2.23. The van der Waals surface area contributed by atoms with Gasteiger partial charge < -0.3 is 15.2 Å².